The van der Waals surface area contributed by atoms with Gasteiger partial charge in [0.05, 0.1) is 4.90 Å². The van der Waals surface area contributed by atoms with E-state index < -0.39 is 10.0 Å². The molecule has 5 nitrogen and oxygen atoms in total. The Labute approximate surface area is 89.5 Å². The molecule has 0 bridgehead atoms. The summed E-state index contributed by atoms with van der Waals surface area (Å²) in [6.45, 7) is 0.954. The fourth-order valence-corrected chi connectivity index (χ4v) is 3.32. The van der Waals surface area contributed by atoms with Gasteiger partial charge in [0.1, 0.15) is 0 Å². The molecule has 84 valence electrons. The van der Waals surface area contributed by atoms with Gasteiger partial charge in [-0.05, 0) is 12.5 Å². The second kappa shape index (κ2) is 3.62. The summed E-state index contributed by atoms with van der Waals surface area (Å²) < 4.78 is 27.3. The van der Waals surface area contributed by atoms with Crippen molar-refractivity contribution in [3.05, 3.63) is 18.5 Å². The van der Waals surface area contributed by atoms with Gasteiger partial charge in [0.15, 0.2) is 0 Å². The van der Waals surface area contributed by atoms with Gasteiger partial charge in [0.2, 0.25) is 10.0 Å². The highest BCUT2D eigenvalue weighted by Crippen LogP contribution is 2.20. The van der Waals surface area contributed by atoms with Crippen LogP contribution in [0.2, 0.25) is 0 Å². The molecule has 1 atom stereocenters. The van der Waals surface area contributed by atoms with Crippen molar-refractivity contribution in [2.24, 2.45) is 12.8 Å². The van der Waals surface area contributed by atoms with Crippen LogP contribution in [0.5, 0.6) is 0 Å². The highest BCUT2D eigenvalue weighted by Gasteiger charge is 2.31. The second-order valence-electron chi connectivity index (χ2n) is 3.92. The van der Waals surface area contributed by atoms with Crippen molar-refractivity contribution in [2.75, 3.05) is 13.1 Å². The van der Waals surface area contributed by atoms with E-state index in [1.54, 1.807) is 30.1 Å². The molecule has 0 amide bonds. The average molecular weight is 229 g/mol. The molecule has 2 heterocycles. The molecule has 15 heavy (non-hydrogen) atoms. The van der Waals surface area contributed by atoms with Gasteiger partial charge >= 0.3 is 0 Å². The van der Waals surface area contributed by atoms with E-state index in [0.29, 0.717) is 18.0 Å². The number of nitrogens with two attached hydrogens (primary N) is 1. The van der Waals surface area contributed by atoms with Gasteiger partial charge in [-0.1, -0.05) is 0 Å². The summed E-state index contributed by atoms with van der Waals surface area (Å²) in [5, 5.41) is 0. The average Bonchev–Trinajstić information content (AvgIpc) is 2.74. The Hall–Kier alpha value is -0.850. The van der Waals surface area contributed by atoms with E-state index in [2.05, 4.69) is 0 Å². The van der Waals surface area contributed by atoms with Gasteiger partial charge in [-0.3, -0.25) is 0 Å². The van der Waals surface area contributed by atoms with Gasteiger partial charge in [-0.25, -0.2) is 8.42 Å². The first-order valence-electron chi connectivity index (χ1n) is 4.88. The molecular formula is C9H15N3O2S. The van der Waals surface area contributed by atoms with Crippen molar-refractivity contribution in [2.45, 2.75) is 17.4 Å². The predicted molar refractivity (Wildman–Crippen MR) is 56.8 cm³/mol. The molecule has 1 aliphatic heterocycles. The minimum atomic E-state index is -3.32. The van der Waals surface area contributed by atoms with Gasteiger partial charge < -0.3 is 10.3 Å². The molecule has 0 aliphatic carbocycles. The van der Waals surface area contributed by atoms with Gasteiger partial charge in [-0.15, -0.1) is 0 Å². The molecule has 1 aliphatic rings. The highest BCUT2D eigenvalue weighted by atomic mass is 32.2. The number of aromatic nitrogens is 1. The molecule has 0 radical (unpaired) electrons. The topological polar surface area (TPSA) is 68.3 Å². The number of aryl methyl sites for hydroxylation is 1. The zero-order chi connectivity index (χ0) is 11.1. The maximum absolute atomic E-state index is 12.1. The monoisotopic (exact) mass is 229 g/mol. The molecule has 6 heteroatoms. The molecule has 1 aromatic heterocycles. The number of nitrogens with zero attached hydrogens (tertiary/aromatic N) is 2. The first kappa shape index (κ1) is 10.7. The fraction of sp³-hybridized carbons (Fsp3) is 0.556. The van der Waals surface area contributed by atoms with E-state index in [1.807, 2.05) is 0 Å². The summed E-state index contributed by atoms with van der Waals surface area (Å²) in [5.74, 6) is 0. The second-order valence-corrected chi connectivity index (χ2v) is 5.86. The minimum Gasteiger partial charge on any atom is -0.356 e. The maximum Gasteiger partial charge on any atom is 0.244 e. The van der Waals surface area contributed by atoms with Crippen molar-refractivity contribution in [3.8, 4) is 0 Å². The van der Waals surface area contributed by atoms with Crippen molar-refractivity contribution in [3.63, 3.8) is 0 Å². The maximum atomic E-state index is 12.1. The van der Waals surface area contributed by atoms with Crippen LogP contribution in [0.3, 0.4) is 0 Å². The van der Waals surface area contributed by atoms with Gasteiger partial charge in [-0.2, -0.15) is 4.31 Å². The van der Waals surface area contributed by atoms with E-state index in [1.165, 1.54) is 4.31 Å². The lowest BCUT2D eigenvalue weighted by molar-refractivity contribution is 0.472. The van der Waals surface area contributed by atoms with E-state index in [0.717, 1.165) is 6.42 Å². The molecule has 2 rings (SSSR count). The van der Waals surface area contributed by atoms with Crippen molar-refractivity contribution in [1.82, 2.24) is 8.87 Å². The molecule has 1 fully saturated rings. The van der Waals surface area contributed by atoms with Gasteiger partial charge in [0, 0.05) is 38.6 Å². The molecule has 0 spiro atoms. The van der Waals surface area contributed by atoms with E-state index in [4.69, 9.17) is 5.73 Å². The quantitative estimate of drug-likeness (QED) is 0.760. The third-order valence-electron chi connectivity index (χ3n) is 2.63. The third-order valence-corrected chi connectivity index (χ3v) is 4.48. The number of hydrogen-bond donors (Lipinski definition) is 1. The van der Waals surface area contributed by atoms with E-state index >= 15 is 0 Å². The largest absolute Gasteiger partial charge is 0.356 e. The summed E-state index contributed by atoms with van der Waals surface area (Å²) in [4.78, 5) is 0.346. The Morgan fingerprint density at radius 2 is 2.27 bits per heavy atom. The van der Waals surface area contributed by atoms with Gasteiger partial charge in [0.25, 0.3) is 0 Å². The van der Waals surface area contributed by atoms with Crippen molar-refractivity contribution < 1.29 is 8.42 Å². The fourth-order valence-electron chi connectivity index (χ4n) is 1.75. The molecule has 0 saturated carbocycles. The smallest absolute Gasteiger partial charge is 0.244 e. The van der Waals surface area contributed by atoms with Crippen LogP contribution in [0.25, 0.3) is 0 Å². The van der Waals surface area contributed by atoms with Crippen LogP contribution in [0.4, 0.5) is 0 Å². The zero-order valence-electron chi connectivity index (χ0n) is 8.63. The van der Waals surface area contributed by atoms with E-state index in [9.17, 15) is 8.42 Å². The highest BCUT2D eigenvalue weighted by molar-refractivity contribution is 7.89. The lowest BCUT2D eigenvalue weighted by Gasteiger charge is -2.14. The van der Waals surface area contributed by atoms with Crippen LogP contribution in [-0.4, -0.2) is 36.4 Å². The Morgan fingerprint density at radius 1 is 1.53 bits per heavy atom. The first-order valence-corrected chi connectivity index (χ1v) is 6.32. The molecule has 1 unspecified atom stereocenters. The number of sulfonamides is 1. The summed E-state index contributed by atoms with van der Waals surface area (Å²) in [7, 11) is -1.52. The lowest BCUT2D eigenvalue weighted by Crippen LogP contribution is -2.31. The summed E-state index contributed by atoms with van der Waals surface area (Å²) >= 11 is 0. The van der Waals surface area contributed by atoms with Crippen LogP contribution < -0.4 is 5.73 Å². The first-order chi connectivity index (χ1) is 7.00. The molecule has 1 saturated heterocycles. The summed E-state index contributed by atoms with van der Waals surface area (Å²) in [6.07, 6.45) is 4.08. The van der Waals surface area contributed by atoms with Crippen LogP contribution in [0.15, 0.2) is 23.4 Å². The van der Waals surface area contributed by atoms with Crippen LogP contribution in [0, 0.1) is 0 Å². The lowest BCUT2D eigenvalue weighted by atomic mass is 10.3. The summed E-state index contributed by atoms with van der Waals surface area (Å²) in [5.41, 5.74) is 5.69. The molecular weight excluding hydrogens is 214 g/mol. The molecule has 0 aromatic carbocycles. The van der Waals surface area contributed by atoms with Crippen LogP contribution >= 0.6 is 0 Å². The minimum absolute atomic E-state index is 0.0245. The third kappa shape index (κ3) is 1.92. The summed E-state index contributed by atoms with van der Waals surface area (Å²) in [6, 6.07) is 1.59. The number of rotatable bonds is 2. The normalized spacial score (nSPS) is 23.5. The number of hydrogen-bond acceptors (Lipinski definition) is 3. The Balaban J connectivity index is 2.27. The molecule has 1 aromatic rings. The van der Waals surface area contributed by atoms with Crippen LogP contribution in [-0.2, 0) is 17.1 Å². The van der Waals surface area contributed by atoms with E-state index in [-0.39, 0.29) is 6.04 Å². The van der Waals surface area contributed by atoms with Crippen LogP contribution in [0.1, 0.15) is 6.42 Å². The predicted octanol–water partition coefficient (Wildman–Crippen LogP) is -0.253. The van der Waals surface area contributed by atoms with Crippen molar-refractivity contribution in [1.29, 1.82) is 0 Å². The van der Waals surface area contributed by atoms with Crippen molar-refractivity contribution >= 4 is 10.0 Å². The molecule has 2 N–H and O–H groups in total. The Morgan fingerprint density at radius 3 is 2.73 bits per heavy atom. The Kier molecular flexibility index (Phi) is 2.57. The zero-order valence-corrected chi connectivity index (χ0v) is 9.44. The SMILES string of the molecule is Cn1ccc(S(=O)(=O)N2CCC(N)C2)c1. The standard InChI is InChI=1S/C9H15N3O2S/c1-11-4-3-9(7-11)15(13,14)12-5-2-8(10)6-12/h3-4,7-8H,2,5-6,10H2,1H3. The Bertz CT molecular complexity index is 452.